The molecule has 16 heavy (non-hydrogen) atoms. The third kappa shape index (κ3) is 2.64. The minimum atomic E-state index is -0.163. The standard InChI is InChI=1S/C12H17NO3/c1-15-12(14)11-8-9(4-5-13-11)7-10-3-2-6-16-10/h2-3,6,9,11,13H,4-5,7-8H2,1H3. The van der Waals surface area contributed by atoms with Gasteiger partial charge in [-0.05, 0) is 37.4 Å². The van der Waals surface area contributed by atoms with Gasteiger partial charge in [0.25, 0.3) is 0 Å². The normalized spacial score (nSPS) is 25.3. The van der Waals surface area contributed by atoms with Crippen molar-refractivity contribution in [2.75, 3.05) is 13.7 Å². The molecule has 1 aromatic rings. The van der Waals surface area contributed by atoms with Crippen molar-refractivity contribution in [3.63, 3.8) is 0 Å². The van der Waals surface area contributed by atoms with Gasteiger partial charge < -0.3 is 14.5 Å². The second kappa shape index (κ2) is 5.16. The summed E-state index contributed by atoms with van der Waals surface area (Å²) in [6, 6.07) is 3.72. The molecule has 0 aliphatic carbocycles. The van der Waals surface area contributed by atoms with Crippen molar-refractivity contribution in [3.8, 4) is 0 Å². The first-order chi connectivity index (χ1) is 7.79. The molecule has 4 heteroatoms. The van der Waals surface area contributed by atoms with E-state index in [2.05, 4.69) is 5.32 Å². The first-order valence-electron chi connectivity index (χ1n) is 5.63. The number of hydrogen-bond acceptors (Lipinski definition) is 4. The van der Waals surface area contributed by atoms with Crippen LogP contribution in [0.25, 0.3) is 0 Å². The van der Waals surface area contributed by atoms with Crippen LogP contribution in [-0.4, -0.2) is 25.7 Å². The van der Waals surface area contributed by atoms with Gasteiger partial charge in [-0.1, -0.05) is 0 Å². The molecule has 1 aromatic heterocycles. The monoisotopic (exact) mass is 223 g/mol. The Kier molecular flexibility index (Phi) is 3.62. The van der Waals surface area contributed by atoms with Crippen molar-refractivity contribution in [2.45, 2.75) is 25.3 Å². The van der Waals surface area contributed by atoms with Gasteiger partial charge in [-0.3, -0.25) is 4.79 Å². The van der Waals surface area contributed by atoms with Gasteiger partial charge in [0.05, 0.1) is 13.4 Å². The van der Waals surface area contributed by atoms with Gasteiger partial charge in [-0.25, -0.2) is 0 Å². The van der Waals surface area contributed by atoms with E-state index in [4.69, 9.17) is 9.15 Å². The Morgan fingerprint density at radius 1 is 1.69 bits per heavy atom. The SMILES string of the molecule is COC(=O)C1CC(Cc2ccco2)CCN1. The number of ether oxygens (including phenoxy) is 1. The molecule has 1 N–H and O–H groups in total. The molecule has 1 aliphatic heterocycles. The molecule has 0 amide bonds. The number of nitrogens with one attached hydrogen (secondary N) is 1. The molecule has 2 atom stereocenters. The lowest BCUT2D eigenvalue weighted by molar-refractivity contribution is -0.144. The van der Waals surface area contributed by atoms with Crippen LogP contribution in [0.15, 0.2) is 22.8 Å². The van der Waals surface area contributed by atoms with E-state index < -0.39 is 0 Å². The Bertz CT molecular complexity index is 334. The van der Waals surface area contributed by atoms with E-state index in [1.807, 2.05) is 12.1 Å². The summed E-state index contributed by atoms with van der Waals surface area (Å²) in [4.78, 5) is 11.4. The van der Waals surface area contributed by atoms with Crippen LogP contribution in [-0.2, 0) is 16.0 Å². The highest BCUT2D eigenvalue weighted by Gasteiger charge is 2.27. The molecule has 0 radical (unpaired) electrons. The van der Waals surface area contributed by atoms with Crippen LogP contribution in [0.5, 0.6) is 0 Å². The molecule has 2 heterocycles. The fourth-order valence-corrected chi connectivity index (χ4v) is 2.22. The lowest BCUT2D eigenvalue weighted by atomic mass is 9.89. The van der Waals surface area contributed by atoms with Crippen LogP contribution in [0, 0.1) is 5.92 Å². The molecule has 0 bridgehead atoms. The third-order valence-corrected chi connectivity index (χ3v) is 3.07. The summed E-state index contributed by atoms with van der Waals surface area (Å²) >= 11 is 0. The second-order valence-corrected chi connectivity index (χ2v) is 4.20. The van der Waals surface area contributed by atoms with Gasteiger partial charge in [0.2, 0.25) is 0 Å². The van der Waals surface area contributed by atoms with Crippen LogP contribution in [0.4, 0.5) is 0 Å². The molecular formula is C12H17NO3. The quantitative estimate of drug-likeness (QED) is 0.786. The molecule has 1 aliphatic rings. The average molecular weight is 223 g/mol. The van der Waals surface area contributed by atoms with Crippen molar-refractivity contribution in [3.05, 3.63) is 24.2 Å². The number of rotatable bonds is 3. The van der Waals surface area contributed by atoms with Crippen molar-refractivity contribution >= 4 is 5.97 Å². The largest absolute Gasteiger partial charge is 0.469 e. The number of piperidine rings is 1. The maximum atomic E-state index is 11.4. The summed E-state index contributed by atoms with van der Waals surface area (Å²) in [5.41, 5.74) is 0. The van der Waals surface area contributed by atoms with Crippen LogP contribution in [0.3, 0.4) is 0 Å². The molecule has 1 saturated heterocycles. The van der Waals surface area contributed by atoms with Gasteiger partial charge >= 0.3 is 5.97 Å². The predicted octanol–water partition coefficient (Wildman–Crippen LogP) is 1.36. The minimum Gasteiger partial charge on any atom is -0.469 e. The molecule has 0 spiro atoms. The molecule has 88 valence electrons. The summed E-state index contributed by atoms with van der Waals surface area (Å²) in [5, 5.41) is 3.17. The van der Waals surface area contributed by atoms with Gasteiger partial charge in [0, 0.05) is 6.42 Å². The summed E-state index contributed by atoms with van der Waals surface area (Å²) in [6.07, 6.45) is 4.50. The lowest BCUT2D eigenvalue weighted by Gasteiger charge is -2.28. The number of methoxy groups -OCH3 is 1. The smallest absolute Gasteiger partial charge is 0.322 e. The van der Waals surface area contributed by atoms with Crippen molar-refractivity contribution in [2.24, 2.45) is 5.92 Å². The fraction of sp³-hybridized carbons (Fsp3) is 0.583. The zero-order chi connectivity index (χ0) is 11.4. The minimum absolute atomic E-state index is 0.154. The first kappa shape index (κ1) is 11.2. The topological polar surface area (TPSA) is 51.5 Å². The Hall–Kier alpha value is -1.29. The van der Waals surface area contributed by atoms with E-state index in [0.29, 0.717) is 5.92 Å². The average Bonchev–Trinajstić information content (AvgIpc) is 2.81. The van der Waals surface area contributed by atoms with E-state index >= 15 is 0 Å². The Labute approximate surface area is 95.0 Å². The Morgan fingerprint density at radius 2 is 2.56 bits per heavy atom. The molecule has 1 fully saturated rings. The summed E-state index contributed by atoms with van der Waals surface area (Å²) in [5.74, 6) is 1.33. The Morgan fingerprint density at radius 3 is 3.25 bits per heavy atom. The van der Waals surface area contributed by atoms with Gasteiger partial charge in [-0.15, -0.1) is 0 Å². The van der Waals surface area contributed by atoms with Crippen molar-refractivity contribution in [1.29, 1.82) is 0 Å². The maximum Gasteiger partial charge on any atom is 0.322 e. The highest BCUT2D eigenvalue weighted by atomic mass is 16.5. The zero-order valence-electron chi connectivity index (χ0n) is 9.44. The number of carbonyl (C=O) groups is 1. The van der Waals surface area contributed by atoms with Crippen LogP contribution in [0.2, 0.25) is 0 Å². The van der Waals surface area contributed by atoms with E-state index in [1.54, 1.807) is 6.26 Å². The van der Waals surface area contributed by atoms with E-state index in [9.17, 15) is 4.79 Å². The molecule has 0 aromatic carbocycles. The molecule has 0 saturated carbocycles. The highest BCUT2D eigenvalue weighted by molar-refractivity contribution is 5.75. The number of hydrogen-bond donors (Lipinski definition) is 1. The fourth-order valence-electron chi connectivity index (χ4n) is 2.22. The third-order valence-electron chi connectivity index (χ3n) is 3.07. The van der Waals surface area contributed by atoms with Crippen LogP contribution in [0.1, 0.15) is 18.6 Å². The molecular weight excluding hydrogens is 206 g/mol. The summed E-state index contributed by atoms with van der Waals surface area (Å²) in [6.45, 7) is 0.866. The molecule has 2 rings (SSSR count). The van der Waals surface area contributed by atoms with E-state index in [1.165, 1.54) is 7.11 Å². The lowest BCUT2D eigenvalue weighted by Crippen LogP contribution is -2.44. The molecule has 4 nitrogen and oxygen atoms in total. The number of esters is 1. The first-order valence-corrected chi connectivity index (χ1v) is 5.63. The Balaban J connectivity index is 1.89. The predicted molar refractivity (Wildman–Crippen MR) is 58.9 cm³/mol. The van der Waals surface area contributed by atoms with Gasteiger partial charge in [-0.2, -0.15) is 0 Å². The second-order valence-electron chi connectivity index (χ2n) is 4.20. The van der Waals surface area contributed by atoms with Crippen molar-refractivity contribution in [1.82, 2.24) is 5.32 Å². The van der Waals surface area contributed by atoms with Crippen LogP contribution < -0.4 is 5.32 Å². The maximum absolute atomic E-state index is 11.4. The number of carbonyl (C=O) groups excluding carboxylic acids is 1. The summed E-state index contributed by atoms with van der Waals surface area (Å²) in [7, 11) is 1.43. The zero-order valence-corrected chi connectivity index (χ0v) is 9.44. The van der Waals surface area contributed by atoms with Crippen LogP contribution >= 0.6 is 0 Å². The highest BCUT2D eigenvalue weighted by Crippen LogP contribution is 2.21. The van der Waals surface area contributed by atoms with Crippen molar-refractivity contribution < 1.29 is 13.9 Å². The number of furan rings is 1. The summed E-state index contributed by atoms with van der Waals surface area (Å²) < 4.78 is 10.1. The van der Waals surface area contributed by atoms with Gasteiger partial charge in [0.1, 0.15) is 11.8 Å². The van der Waals surface area contributed by atoms with Gasteiger partial charge in [0.15, 0.2) is 0 Å². The van der Waals surface area contributed by atoms with E-state index in [0.717, 1.165) is 31.6 Å². The van der Waals surface area contributed by atoms with E-state index in [-0.39, 0.29) is 12.0 Å². The molecule has 2 unspecified atom stereocenters.